The van der Waals surface area contributed by atoms with Crippen molar-refractivity contribution in [1.82, 2.24) is 14.1 Å². The van der Waals surface area contributed by atoms with E-state index in [-0.39, 0.29) is 18.1 Å². The summed E-state index contributed by atoms with van der Waals surface area (Å²) in [5.41, 5.74) is 2.08. The van der Waals surface area contributed by atoms with Gasteiger partial charge < -0.3 is 14.6 Å². The summed E-state index contributed by atoms with van der Waals surface area (Å²) >= 11 is 0. The summed E-state index contributed by atoms with van der Waals surface area (Å²) < 4.78 is 40.4. The Morgan fingerprint density at radius 2 is 1.44 bits per heavy atom. The summed E-state index contributed by atoms with van der Waals surface area (Å²) in [6.07, 6.45) is -0.325. The molecule has 0 amide bonds. The summed E-state index contributed by atoms with van der Waals surface area (Å²) in [4.78, 5) is 0. The molecule has 1 heterocycles. The fraction of sp³-hybridized carbons (Fsp3) is 0.348. The number of methoxy groups -OCH3 is 2. The van der Waals surface area contributed by atoms with Crippen LogP contribution in [-0.4, -0.2) is 41.8 Å². The van der Waals surface area contributed by atoms with Gasteiger partial charge in [-0.15, -0.1) is 0 Å². The molecule has 172 valence electrons. The molecule has 0 spiro atoms. The SMILES string of the molecule is CCC(O)c1cc(S(=O)(=O)N(Cc2ccc(OC)cc2)Cc2ccc(OC)cc2)nn1C. The van der Waals surface area contributed by atoms with Crippen molar-refractivity contribution in [2.45, 2.75) is 37.6 Å². The van der Waals surface area contributed by atoms with Crippen molar-refractivity contribution in [3.63, 3.8) is 0 Å². The Kier molecular flexibility index (Phi) is 7.55. The van der Waals surface area contributed by atoms with Gasteiger partial charge in [-0.25, -0.2) is 8.42 Å². The first kappa shape index (κ1) is 23.8. The number of benzene rings is 2. The molecule has 2 aromatic carbocycles. The van der Waals surface area contributed by atoms with Crippen molar-refractivity contribution in [3.05, 3.63) is 71.4 Å². The number of nitrogens with zero attached hydrogens (tertiary/aromatic N) is 3. The van der Waals surface area contributed by atoms with Crippen LogP contribution in [0.2, 0.25) is 0 Å². The third kappa shape index (κ3) is 5.29. The number of aliphatic hydroxyl groups excluding tert-OH is 1. The van der Waals surface area contributed by atoms with Crippen molar-refractivity contribution in [1.29, 1.82) is 0 Å². The quantitative estimate of drug-likeness (QED) is 0.500. The maximum atomic E-state index is 13.6. The van der Waals surface area contributed by atoms with Gasteiger partial charge in [-0.3, -0.25) is 4.68 Å². The molecular weight excluding hydrogens is 430 g/mol. The second-order valence-electron chi connectivity index (χ2n) is 7.42. The monoisotopic (exact) mass is 459 g/mol. The van der Waals surface area contributed by atoms with Crippen molar-refractivity contribution in [2.75, 3.05) is 14.2 Å². The number of hydrogen-bond acceptors (Lipinski definition) is 6. The van der Waals surface area contributed by atoms with E-state index in [2.05, 4.69) is 5.10 Å². The smallest absolute Gasteiger partial charge is 0.263 e. The Morgan fingerprint density at radius 1 is 0.969 bits per heavy atom. The topological polar surface area (TPSA) is 93.9 Å². The standard InChI is InChI=1S/C23H29N3O5S/c1-5-22(27)21-14-23(24-25(21)2)32(28,29)26(15-17-6-10-19(30-3)11-7-17)16-18-8-12-20(31-4)13-9-18/h6-14,22,27H,5,15-16H2,1-4H3. The molecule has 32 heavy (non-hydrogen) atoms. The van der Waals surface area contributed by atoms with Crippen LogP contribution in [0.15, 0.2) is 59.6 Å². The number of hydrogen-bond donors (Lipinski definition) is 1. The van der Waals surface area contributed by atoms with Gasteiger partial charge in [0.2, 0.25) is 0 Å². The van der Waals surface area contributed by atoms with Gasteiger partial charge in [-0.1, -0.05) is 31.2 Å². The molecule has 8 nitrogen and oxygen atoms in total. The first-order chi connectivity index (χ1) is 15.3. The molecule has 0 fully saturated rings. The fourth-order valence-corrected chi connectivity index (χ4v) is 4.73. The summed E-state index contributed by atoms with van der Waals surface area (Å²) in [6, 6.07) is 16.0. The van der Waals surface area contributed by atoms with E-state index in [0.29, 0.717) is 23.6 Å². The molecule has 3 rings (SSSR count). The molecule has 0 saturated carbocycles. The normalized spacial score (nSPS) is 12.7. The Labute approximate surface area is 189 Å². The van der Waals surface area contributed by atoms with Crippen LogP contribution in [0.3, 0.4) is 0 Å². The summed E-state index contributed by atoms with van der Waals surface area (Å²) in [7, 11) is 0.849. The molecule has 0 saturated heterocycles. The van der Waals surface area contributed by atoms with E-state index in [1.165, 1.54) is 15.1 Å². The Morgan fingerprint density at radius 3 is 1.84 bits per heavy atom. The van der Waals surface area contributed by atoms with E-state index >= 15 is 0 Å². The average Bonchev–Trinajstić information content (AvgIpc) is 3.21. The predicted molar refractivity (Wildman–Crippen MR) is 121 cm³/mol. The number of aryl methyl sites for hydroxylation is 1. The first-order valence-corrected chi connectivity index (χ1v) is 11.7. The van der Waals surface area contributed by atoms with Crippen molar-refractivity contribution in [2.24, 2.45) is 7.05 Å². The molecular formula is C23H29N3O5S. The number of rotatable bonds is 10. The molecule has 0 radical (unpaired) electrons. The lowest BCUT2D eigenvalue weighted by atomic mass is 10.2. The van der Waals surface area contributed by atoms with Crippen LogP contribution in [0.1, 0.15) is 36.3 Å². The molecule has 0 bridgehead atoms. The summed E-state index contributed by atoms with van der Waals surface area (Å²) in [5.74, 6) is 1.39. The highest BCUT2D eigenvalue weighted by molar-refractivity contribution is 7.89. The van der Waals surface area contributed by atoms with Crippen LogP contribution in [-0.2, 0) is 30.2 Å². The zero-order chi connectivity index (χ0) is 23.3. The maximum Gasteiger partial charge on any atom is 0.263 e. The maximum absolute atomic E-state index is 13.6. The molecule has 0 aliphatic rings. The van der Waals surface area contributed by atoms with E-state index in [0.717, 1.165) is 11.1 Å². The van der Waals surface area contributed by atoms with Gasteiger partial charge in [0.05, 0.1) is 26.0 Å². The number of ether oxygens (including phenoxy) is 2. The van der Waals surface area contributed by atoms with Crippen LogP contribution >= 0.6 is 0 Å². The van der Waals surface area contributed by atoms with E-state index in [1.54, 1.807) is 45.5 Å². The van der Waals surface area contributed by atoms with Crippen molar-refractivity contribution >= 4 is 10.0 Å². The van der Waals surface area contributed by atoms with Crippen LogP contribution in [0.5, 0.6) is 11.5 Å². The lowest BCUT2D eigenvalue weighted by molar-refractivity contribution is 0.164. The van der Waals surface area contributed by atoms with Crippen LogP contribution in [0.25, 0.3) is 0 Å². The third-order valence-electron chi connectivity index (χ3n) is 5.26. The average molecular weight is 460 g/mol. The van der Waals surface area contributed by atoms with Gasteiger partial charge in [-0.2, -0.15) is 9.40 Å². The number of aromatic nitrogens is 2. The Hall–Kier alpha value is -2.88. The molecule has 3 aromatic rings. The van der Waals surface area contributed by atoms with Gasteiger partial charge in [0.1, 0.15) is 11.5 Å². The fourth-order valence-electron chi connectivity index (χ4n) is 3.33. The van der Waals surface area contributed by atoms with Gasteiger partial charge in [0, 0.05) is 26.2 Å². The molecule has 0 aliphatic carbocycles. The zero-order valence-corrected chi connectivity index (χ0v) is 19.5. The number of sulfonamides is 1. The third-order valence-corrected chi connectivity index (χ3v) is 6.93. The summed E-state index contributed by atoms with van der Waals surface area (Å²) in [6.45, 7) is 2.13. The minimum Gasteiger partial charge on any atom is -0.497 e. The second kappa shape index (κ2) is 10.2. The van der Waals surface area contributed by atoms with E-state index < -0.39 is 16.1 Å². The lowest BCUT2D eigenvalue weighted by Crippen LogP contribution is -2.30. The van der Waals surface area contributed by atoms with Crippen LogP contribution < -0.4 is 9.47 Å². The molecule has 1 aromatic heterocycles. The minimum absolute atomic E-state index is 0.0930. The Bertz CT molecular complexity index is 1080. The molecule has 1 N–H and O–H groups in total. The number of aliphatic hydroxyl groups is 1. The molecule has 1 atom stereocenters. The highest BCUT2D eigenvalue weighted by Crippen LogP contribution is 2.25. The zero-order valence-electron chi connectivity index (χ0n) is 18.7. The molecule has 1 unspecified atom stereocenters. The van der Waals surface area contributed by atoms with E-state index in [9.17, 15) is 13.5 Å². The molecule has 0 aliphatic heterocycles. The Balaban J connectivity index is 1.97. The minimum atomic E-state index is -3.94. The van der Waals surface area contributed by atoms with E-state index in [4.69, 9.17) is 9.47 Å². The van der Waals surface area contributed by atoms with Crippen LogP contribution in [0.4, 0.5) is 0 Å². The van der Waals surface area contributed by atoms with Gasteiger partial charge >= 0.3 is 0 Å². The summed E-state index contributed by atoms with van der Waals surface area (Å²) in [5, 5.41) is 14.3. The second-order valence-corrected chi connectivity index (χ2v) is 9.31. The van der Waals surface area contributed by atoms with Crippen molar-refractivity contribution in [3.8, 4) is 11.5 Å². The van der Waals surface area contributed by atoms with Crippen LogP contribution in [0, 0.1) is 0 Å². The van der Waals surface area contributed by atoms with E-state index in [1.807, 2.05) is 31.2 Å². The van der Waals surface area contributed by atoms with Gasteiger partial charge in [0.25, 0.3) is 10.0 Å². The predicted octanol–water partition coefficient (Wildman–Crippen LogP) is 3.27. The van der Waals surface area contributed by atoms with Gasteiger partial charge in [0.15, 0.2) is 5.03 Å². The largest absolute Gasteiger partial charge is 0.497 e. The van der Waals surface area contributed by atoms with Gasteiger partial charge in [-0.05, 0) is 41.8 Å². The van der Waals surface area contributed by atoms with Crippen molar-refractivity contribution < 1.29 is 23.0 Å². The highest BCUT2D eigenvalue weighted by Gasteiger charge is 2.29. The highest BCUT2D eigenvalue weighted by atomic mass is 32.2. The lowest BCUT2D eigenvalue weighted by Gasteiger charge is -2.21. The molecule has 9 heteroatoms. The first-order valence-electron chi connectivity index (χ1n) is 10.3.